The van der Waals surface area contributed by atoms with E-state index in [1.54, 1.807) is 17.8 Å². The Morgan fingerprint density at radius 2 is 2.25 bits per heavy atom. The topological polar surface area (TPSA) is 32.3 Å². The van der Waals surface area contributed by atoms with Crippen molar-refractivity contribution in [3.8, 4) is 0 Å². The summed E-state index contributed by atoms with van der Waals surface area (Å²) in [6, 6.07) is 6.47. The largest absolute Gasteiger partial charge is 0.320 e. The monoisotopic (exact) mass is 296 g/mol. The van der Waals surface area contributed by atoms with Crippen molar-refractivity contribution >= 4 is 17.7 Å². The van der Waals surface area contributed by atoms with E-state index in [0.29, 0.717) is 13.0 Å². The normalized spacial score (nSPS) is 26.3. The highest BCUT2D eigenvalue weighted by atomic mass is 32.2. The summed E-state index contributed by atoms with van der Waals surface area (Å²) in [5.41, 5.74) is 0.242. The average molecular weight is 296 g/mol. The fraction of sp³-hybridized carbons (Fsp3) is 0.533. The van der Waals surface area contributed by atoms with E-state index >= 15 is 0 Å². The van der Waals surface area contributed by atoms with Crippen LogP contribution in [0.4, 0.5) is 4.39 Å². The molecule has 1 heterocycles. The Kier molecular flexibility index (Phi) is 4.70. The van der Waals surface area contributed by atoms with Gasteiger partial charge in [-0.25, -0.2) is 4.39 Å². The number of benzene rings is 1. The number of carbonyl (C=O) groups excluding carboxylic acids is 1. The number of rotatable bonds is 5. The molecule has 1 aromatic carbocycles. The third-order valence-electron chi connectivity index (χ3n) is 3.91. The maximum absolute atomic E-state index is 13.4. The van der Waals surface area contributed by atoms with Crippen LogP contribution in [-0.4, -0.2) is 34.9 Å². The van der Waals surface area contributed by atoms with E-state index in [4.69, 9.17) is 0 Å². The number of thioether (sulfide) groups is 1. The highest BCUT2D eigenvalue weighted by Crippen LogP contribution is 2.32. The van der Waals surface area contributed by atoms with Crippen molar-refractivity contribution in [2.45, 2.75) is 32.0 Å². The Morgan fingerprint density at radius 1 is 1.50 bits per heavy atom. The van der Waals surface area contributed by atoms with Crippen molar-refractivity contribution in [2.24, 2.45) is 0 Å². The molecule has 1 amide bonds. The lowest BCUT2D eigenvalue weighted by Gasteiger charge is -2.24. The van der Waals surface area contributed by atoms with Crippen molar-refractivity contribution < 1.29 is 9.18 Å². The van der Waals surface area contributed by atoms with Gasteiger partial charge in [-0.05, 0) is 37.3 Å². The molecular formula is C15H21FN2OS. The number of nitrogens with one attached hydrogen (secondary N) is 1. The van der Waals surface area contributed by atoms with Gasteiger partial charge in [0.2, 0.25) is 5.91 Å². The molecule has 1 saturated heterocycles. The van der Waals surface area contributed by atoms with Crippen molar-refractivity contribution in [1.29, 1.82) is 0 Å². The fourth-order valence-corrected chi connectivity index (χ4v) is 2.87. The van der Waals surface area contributed by atoms with Crippen LogP contribution in [0, 0.1) is 5.82 Å². The van der Waals surface area contributed by atoms with Crippen LogP contribution in [0.2, 0.25) is 0 Å². The molecule has 1 fully saturated rings. The van der Waals surface area contributed by atoms with Gasteiger partial charge in [0, 0.05) is 12.3 Å². The van der Waals surface area contributed by atoms with E-state index in [9.17, 15) is 9.18 Å². The fourth-order valence-electron chi connectivity index (χ4n) is 2.49. The molecule has 5 heteroatoms. The second-order valence-corrected chi connectivity index (χ2v) is 6.26. The molecule has 0 aliphatic carbocycles. The minimum Gasteiger partial charge on any atom is -0.320 e. The lowest BCUT2D eigenvalue weighted by Crippen LogP contribution is -2.43. The van der Waals surface area contributed by atoms with Crippen LogP contribution in [0.1, 0.15) is 32.0 Å². The molecule has 110 valence electrons. The number of hydrogen-bond donors (Lipinski definition) is 1. The van der Waals surface area contributed by atoms with Crippen molar-refractivity contribution in [3.63, 3.8) is 0 Å². The van der Waals surface area contributed by atoms with Gasteiger partial charge in [0.25, 0.3) is 0 Å². The van der Waals surface area contributed by atoms with E-state index in [1.807, 2.05) is 31.1 Å². The number of carbonyl (C=O) groups is 1. The zero-order valence-corrected chi connectivity index (χ0v) is 13.0. The first-order valence-electron chi connectivity index (χ1n) is 6.85. The highest BCUT2D eigenvalue weighted by Gasteiger charge is 2.46. The van der Waals surface area contributed by atoms with Crippen LogP contribution in [0.3, 0.4) is 0 Å². The van der Waals surface area contributed by atoms with Gasteiger partial charge >= 0.3 is 0 Å². The number of nitrogens with zero attached hydrogens (tertiary/aromatic N) is 1. The summed E-state index contributed by atoms with van der Waals surface area (Å²) in [6.07, 6.45) is 2.49. The van der Waals surface area contributed by atoms with Crippen LogP contribution in [-0.2, 0) is 4.79 Å². The molecule has 2 rings (SSSR count). The number of hydrogen-bond acceptors (Lipinski definition) is 3. The Morgan fingerprint density at radius 3 is 2.85 bits per heavy atom. The van der Waals surface area contributed by atoms with E-state index < -0.39 is 5.54 Å². The van der Waals surface area contributed by atoms with Crippen LogP contribution in [0.15, 0.2) is 24.3 Å². The van der Waals surface area contributed by atoms with E-state index in [2.05, 4.69) is 5.32 Å². The first-order valence-corrected chi connectivity index (χ1v) is 8.24. The SMILES string of the molecule is CCC1(C)NC(c2cccc(F)c2)N(CCSC)C1=O. The minimum absolute atomic E-state index is 0.100. The molecule has 20 heavy (non-hydrogen) atoms. The van der Waals surface area contributed by atoms with Crippen molar-refractivity contribution in [2.75, 3.05) is 18.6 Å². The number of halogens is 1. The summed E-state index contributed by atoms with van der Waals surface area (Å²) >= 11 is 1.70. The molecule has 1 aliphatic rings. The summed E-state index contributed by atoms with van der Waals surface area (Å²) < 4.78 is 13.4. The van der Waals surface area contributed by atoms with Gasteiger partial charge in [0.05, 0.1) is 5.54 Å². The third kappa shape index (κ3) is 2.83. The molecule has 0 spiro atoms. The Balaban J connectivity index is 2.31. The van der Waals surface area contributed by atoms with Gasteiger partial charge in [0.15, 0.2) is 0 Å². The van der Waals surface area contributed by atoms with Gasteiger partial charge < -0.3 is 4.90 Å². The minimum atomic E-state index is -0.560. The summed E-state index contributed by atoms with van der Waals surface area (Å²) in [5, 5.41) is 3.37. The lowest BCUT2D eigenvalue weighted by atomic mass is 9.99. The quantitative estimate of drug-likeness (QED) is 0.907. The molecule has 0 saturated carbocycles. The summed E-state index contributed by atoms with van der Waals surface area (Å²) in [5.74, 6) is 0.703. The predicted molar refractivity (Wildman–Crippen MR) is 81.1 cm³/mol. The highest BCUT2D eigenvalue weighted by molar-refractivity contribution is 7.98. The molecule has 1 N–H and O–H groups in total. The van der Waals surface area contributed by atoms with Gasteiger partial charge in [-0.2, -0.15) is 11.8 Å². The summed E-state index contributed by atoms with van der Waals surface area (Å²) in [7, 11) is 0. The predicted octanol–water partition coefficient (Wildman–Crippen LogP) is 2.79. The van der Waals surface area contributed by atoms with Gasteiger partial charge in [-0.1, -0.05) is 19.1 Å². The maximum Gasteiger partial charge on any atom is 0.244 e. The van der Waals surface area contributed by atoms with Crippen LogP contribution < -0.4 is 5.32 Å². The second-order valence-electron chi connectivity index (χ2n) is 5.28. The average Bonchev–Trinajstić information content (AvgIpc) is 2.70. The molecule has 1 aliphatic heterocycles. The zero-order valence-electron chi connectivity index (χ0n) is 12.1. The molecule has 0 radical (unpaired) electrons. The second kappa shape index (κ2) is 6.14. The number of amides is 1. The standard InChI is InChI=1S/C15H21FN2OS/c1-4-15(2)14(19)18(8-9-20-3)13(17-15)11-6-5-7-12(16)10-11/h5-7,10,13,17H,4,8-9H2,1-3H3. The first-order chi connectivity index (χ1) is 9.51. The molecule has 2 atom stereocenters. The first kappa shape index (κ1) is 15.3. The van der Waals surface area contributed by atoms with Crippen LogP contribution in [0.25, 0.3) is 0 Å². The molecule has 2 unspecified atom stereocenters. The van der Waals surface area contributed by atoms with Crippen molar-refractivity contribution in [1.82, 2.24) is 10.2 Å². The Bertz CT molecular complexity index is 497. The smallest absolute Gasteiger partial charge is 0.244 e. The molecule has 0 bridgehead atoms. The Hall–Kier alpha value is -1.07. The molecule has 1 aromatic rings. The third-order valence-corrected chi connectivity index (χ3v) is 4.50. The van der Waals surface area contributed by atoms with Gasteiger partial charge in [-0.15, -0.1) is 0 Å². The van der Waals surface area contributed by atoms with Crippen molar-refractivity contribution in [3.05, 3.63) is 35.6 Å². The molecule has 0 aromatic heterocycles. The Labute approximate surface area is 123 Å². The molecule has 3 nitrogen and oxygen atoms in total. The van der Waals surface area contributed by atoms with Gasteiger partial charge in [-0.3, -0.25) is 10.1 Å². The summed E-state index contributed by atoms with van der Waals surface area (Å²) in [6.45, 7) is 4.58. The van der Waals surface area contributed by atoms with Gasteiger partial charge in [0.1, 0.15) is 12.0 Å². The maximum atomic E-state index is 13.4. The zero-order chi connectivity index (χ0) is 14.8. The van der Waals surface area contributed by atoms with E-state index in [1.165, 1.54) is 12.1 Å². The lowest BCUT2D eigenvalue weighted by molar-refractivity contribution is -0.132. The van der Waals surface area contributed by atoms with E-state index in [0.717, 1.165) is 11.3 Å². The molecular weight excluding hydrogens is 275 g/mol. The summed E-state index contributed by atoms with van der Waals surface area (Å²) in [4.78, 5) is 14.4. The van der Waals surface area contributed by atoms with Crippen LogP contribution in [0.5, 0.6) is 0 Å². The van der Waals surface area contributed by atoms with Crippen LogP contribution >= 0.6 is 11.8 Å². The van der Waals surface area contributed by atoms with E-state index in [-0.39, 0.29) is 17.9 Å².